The number of aromatic nitrogens is 1. The standard InChI is InChI=1S/C22H16F2N6O/c1-16(17-3-6-21(27-12-17)29-10-2-7-25-14-29)22(31,13-30-15-26-8-9-28-30)19-5-4-18(23)11-20(19)24/h3-8,10-12,14-15,31H,1,13H2. The highest BCUT2D eigenvalue weighted by Gasteiger charge is 2.38. The third-order valence-electron chi connectivity index (χ3n) is 4.70. The van der Waals surface area contributed by atoms with Crippen LogP contribution in [0, 0.1) is 11.6 Å². The third-order valence-corrected chi connectivity index (χ3v) is 4.70. The van der Waals surface area contributed by atoms with Crippen LogP contribution >= 0.6 is 0 Å². The van der Waals surface area contributed by atoms with Crippen molar-refractivity contribution in [1.29, 1.82) is 0 Å². The van der Waals surface area contributed by atoms with Gasteiger partial charge >= 0.3 is 0 Å². The van der Waals surface area contributed by atoms with Gasteiger partial charge in [-0.1, -0.05) is 12.3 Å². The van der Waals surface area contributed by atoms with Gasteiger partial charge in [-0.2, -0.15) is 0 Å². The zero-order valence-electron chi connectivity index (χ0n) is 16.2. The first kappa shape index (κ1) is 20.1. The Morgan fingerprint density at radius 3 is 2.61 bits per heavy atom. The molecule has 1 unspecified atom stereocenters. The van der Waals surface area contributed by atoms with Gasteiger partial charge in [0.2, 0.25) is 0 Å². The Kier molecular flexibility index (Phi) is 5.39. The summed E-state index contributed by atoms with van der Waals surface area (Å²) < 4.78 is 28.2. The summed E-state index contributed by atoms with van der Waals surface area (Å²) in [6.45, 7) is 3.76. The molecule has 1 N–H and O–H groups in total. The van der Waals surface area contributed by atoms with Gasteiger partial charge in [0.15, 0.2) is 0 Å². The van der Waals surface area contributed by atoms with Crippen molar-refractivity contribution in [3.8, 4) is 0 Å². The van der Waals surface area contributed by atoms with Gasteiger partial charge in [-0.05, 0) is 35.4 Å². The van der Waals surface area contributed by atoms with Crippen molar-refractivity contribution in [2.45, 2.75) is 5.60 Å². The first-order valence-corrected chi connectivity index (χ1v) is 9.11. The van der Waals surface area contributed by atoms with Gasteiger partial charge in [0, 0.05) is 23.7 Å². The van der Waals surface area contributed by atoms with Crippen molar-refractivity contribution in [2.24, 2.45) is 15.1 Å². The highest BCUT2D eigenvalue weighted by atomic mass is 19.1. The molecule has 1 aromatic heterocycles. The molecule has 0 saturated carbocycles. The molecule has 0 spiro atoms. The summed E-state index contributed by atoms with van der Waals surface area (Å²) >= 11 is 0. The Bertz CT molecular complexity index is 1210. The highest BCUT2D eigenvalue weighted by molar-refractivity contribution is 5.81. The SMILES string of the molecule is C=C(c1ccc(N2C=C=CN=C2)nc1)C(O)(CN1C=NC=C=N1)c1ccc(F)cc1F. The van der Waals surface area contributed by atoms with E-state index in [1.807, 2.05) is 0 Å². The van der Waals surface area contributed by atoms with Crippen molar-refractivity contribution in [3.05, 3.63) is 90.2 Å². The number of benzene rings is 1. The van der Waals surface area contributed by atoms with Crippen LogP contribution in [0.4, 0.5) is 14.6 Å². The van der Waals surface area contributed by atoms with Gasteiger partial charge in [-0.25, -0.2) is 28.8 Å². The van der Waals surface area contributed by atoms with E-state index < -0.39 is 17.2 Å². The summed E-state index contributed by atoms with van der Waals surface area (Å²) in [5, 5.41) is 16.9. The molecular formula is C22H16F2N6O. The fraction of sp³-hybridized carbons (Fsp3) is 0.0909. The monoisotopic (exact) mass is 418 g/mol. The molecule has 2 aliphatic heterocycles. The molecule has 7 nitrogen and oxygen atoms in total. The van der Waals surface area contributed by atoms with Crippen molar-refractivity contribution in [1.82, 2.24) is 9.99 Å². The molecule has 0 fully saturated rings. The van der Waals surface area contributed by atoms with Crippen molar-refractivity contribution in [3.63, 3.8) is 0 Å². The van der Waals surface area contributed by atoms with Crippen LogP contribution in [-0.2, 0) is 5.60 Å². The van der Waals surface area contributed by atoms with Crippen LogP contribution < -0.4 is 4.90 Å². The molecule has 2 aromatic rings. The van der Waals surface area contributed by atoms with Crippen LogP contribution in [0.2, 0.25) is 0 Å². The lowest BCUT2D eigenvalue weighted by Crippen LogP contribution is -2.40. The minimum Gasteiger partial charge on any atom is -0.378 e. The number of aliphatic imine (C=N–C) groups is 2. The van der Waals surface area contributed by atoms with E-state index in [2.05, 4.69) is 38.3 Å². The number of hydrogen-bond acceptors (Lipinski definition) is 7. The van der Waals surface area contributed by atoms with E-state index in [4.69, 9.17) is 0 Å². The predicted octanol–water partition coefficient (Wildman–Crippen LogP) is 3.18. The zero-order valence-corrected chi connectivity index (χ0v) is 16.2. The highest BCUT2D eigenvalue weighted by Crippen LogP contribution is 2.37. The number of nitrogens with zero attached hydrogens (tertiary/aromatic N) is 6. The second kappa shape index (κ2) is 8.30. The third kappa shape index (κ3) is 4.10. The lowest BCUT2D eigenvalue weighted by Gasteiger charge is -2.34. The van der Waals surface area contributed by atoms with E-state index in [9.17, 15) is 13.9 Å². The van der Waals surface area contributed by atoms with Gasteiger partial charge in [-0.3, -0.25) is 4.90 Å². The van der Waals surface area contributed by atoms with Gasteiger partial charge in [0.1, 0.15) is 35.7 Å². The maximum atomic E-state index is 14.7. The minimum atomic E-state index is -1.97. The number of β-amino-alcohol motifs (C(OH)–C–C–N with tert-alkyl or cyclic N) is 1. The summed E-state index contributed by atoms with van der Waals surface area (Å²) in [5.41, 5.74) is 1.33. The number of anilines is 1. The fourth-order valence-electron chi connectivity index (χ4n) is 3.12. The Morgan fingerprint density at radius 2 is 1.97 bits per heavy atom. The zero-order chi connectivity index (χ0) is 21.8. The van der Waals surface area contributed by atoms with E-state index in [1.165, 1.54) is 36.0 Å². The van der Waals surface area contributed by atoms with E-state index in [0.29, 0.717) is 17.4 Å². The molecular weight excluding hydrogens is 402 g/mol. The average Bonchev–Trinajstić information content (AvgIpc) is 2.80. The second-order valence-corrected chi connectivity index (χ2v) is 6.69. The molecule has 0 saturated heterocycles. The summed E-state index contributed by atoms with van der Waals surface area (Å²) in [7, 11) is 0. The lowest BCUT2D eigenvalue weighted by atomic mass is 9.83. The van der Waals surface area contributed by atoms with E-state index in [-0.39, 0.29) is 17.7 Å². The molecule has 0 amide bonds. The maximum absolute atomic E-state index is 14.7. The smallest absolute Gasteiger partial charge is 0.138 e. The van der Waals surface area contributed by atoms with Crippen LogP contribution in [0.25, 0.3) is 5.57 Å². The Balaban J connectivity index is 1.71. The molecule has 0 bridgehead atoms. The Labute approximate surface area is 176 Å². The number of pyridine rings is 1. The number of halogens is 2. The average molecular weight is 418 g/mol. The molecule has 4 rings (SSSR count). The van der Waals surface area contributed by atoms with Crippen molar-refractivity contribution >= 4 is 29.9 Å². The van der Waals surface area contributed by atoms with Gasteiger partial charge in [0.25, 0.3) is 0 Å². The summed E-state index contributed by atoms with van der Waals surface area (Å²) in [5.74, 6) is 1.44. The molecule has 0 radical (unpaired) electrons. The van der Waals surface area contributed by atoms with Gasteiger partial charge in [-0.15, -0.1) is 5.10 Å². The number of rotatable bonds is 6. The van der Waals surface area contributed by atoms with Crippen LogP contribution in [0.15, 0.2) is 82.5 Å². The quantitative estimate of drug-likeness (QED) is 0.731. The van der Waals surface area contributed by atoms with Gasteiger partial charge < -0.3 is 5.11 Å². The first-order chi connectivity index (χ1) is 15.0. The Morgan fingerprint density at radius 1 is 1.13 bits per heavy atom. The van der Waals surface area contributed by atoms with Crippen molar-refractivity contribution in [2.75, 3.05) is 11.4 Å². The molecule has 31 heavy (non-hydrogen) atoms. The summed E-state index contributed by atoms with van der Waals surface area (Å²) in [4.78, 5) is 13.9. The predicted molar refractivity (Wildman–Crippen MR) is 114 cm³/mol. The molecule has 1 aromatic carbocycles. The summed E-state index contributed by atoms with van der Waals surface area (Å²) in [6.07, 6.45) is 8.95. The summed E-state index contributed by atoms with van der Waals surface area (Å²) in [6, 6.07) is 6.34. The molecule has 154 valence electrons. The number of hydrazone groups is 1. The van der Waals surface area contributed by atoms with Crippen LogP contribution in [0.1, 0.15) is 11.1 Å². The normalized spacial score (nSPS) is 16.1. The topological polar surface area (TPSA) is 76.7 Å². The maximum Gasteiger partial charge on any atom is 0.138 e. The molecule has 9 heteroatoms. The second-order valence-electron chi connectivity index (χ2n) is 6.69. The van der Waals surface area contributed by atoms with E-state index in [1.54, 1.807) is 29.6 Å². The Hall–Kier alpha value is -4.16. The lowest BCUT2D eigenvalue weighted by molar-refractivity contribution is 0.0724. The first-order valence-electron chi connectivity index (χ1n) is 9.11. The number of hydrogen-bond donors (Lipinski definition) is 1. The van der Waals surface area contributed by atoms with E-state index in [0.717, 1.165) is 6.07 Å². The van der Waals surface area contributed by atoms with Crippen LogP contribution in [-0.4, -0.2) is 40.2 Å². The molecule has 3 heterocycles. The van der Waals surface area contributed by atoms with Crippen molar-refractivity contribution < 1.29 is 13.9 Å². The van der Waals surface area contributed by atoms with Crippen LogP contribution in [0.5, 0.6) is 0 Å². The minimum absolute atomic E-state index is 0.151. The molecule has 2 aliphatic rings. The fourth-order valence-corrected chi connectivity index (χ4v) is 3.12. The number of aliphatic hydroxyl groups is 1. The van der Waals surface area contributed by atoms with Gasteiger partial charge in [0.05, 0.1) is 25.1 Å². The van der Waals surface area contributed by atoms with E-state index >= 15 is 0 Å². The largest absolute Gasteiger partial charge is 0.378 e. The molecule has 0 aliphatic carbocycles. The molecule has 1 atom stereocenters. The van der Waals surface area contributed by atoms with Crippen LogP contribution in [0.3, 0.4) is 0 Å².